The van der Waals surface area contributed by atoms with Crippen molar-refractivity contribution in [2.75, 3.05) is 13.1 Å². The second kappa shape index (κ2) is 11.3. The van der Waals surface area contributed by atoms with Crippen LogP contribution in [0.15, 0.2) is 54.6 Å². The fourth-order valence-corrected chi connectivity index (χ4v) is 4.48. The van der Waals surface area contributed by atoms with Gasteiger partial charge in [-0.2, -0.15) is 0 Å². The Kier molecular flexibility index (Phi) is 7.95. The van der Waals surface area contributed by atoms with Gasteiger partial charge in [0, 0.05) is 39.5 Å². The van der Waals surface area contributed by atoms with Gasteiger partial charge in [0.05, 0.1) is 6.04 Å². The predicted octanol–water partition coefficient (Wildman–Crippen LogP) is 4.14. The molecule has 1 N–H and O–H groups in total. The number of carbonyl (C=O) groups excluding carboxylic acids is 1. The highest BCUT2D eigenvalue weighted by Crippen LogP contribution is 2.23. The van der Waals surface area contributed by atoms with Crippen LogP contribution >= 0.6 is 0 Å². The third-order valence-electron chi connectivity index (χ3n) is 6.10. The SMILES string of the molecule is CC(=O)NC(CC(C)C)c1nnc2n1CCN(Cc1cccc(OCc3ccccc3)c1)CC2. The zero-order chi connectivity index (χ0) is 23.9. The maximum Gasteiger partial charge on any atom is 0.217 e. The molecule has 180 valence electrons. The summed E-state index contributed by atoms with van der Waals surface area (Å²) < 4.78 is 8.23. The van der Waals surface area contributed by atoms with E-state index < -0.39 is 0 Å². The van der Waals surface area contributed by atoms with Gasteiger partial charge in [0.15, 0.2) is 5.82 Å². The second-order valence-corrected chi connectivity index (χ2v) is 9.46. The molecule has 1 atom stereocenters. The number of hydrogen-bond acceptors (Lipinski definition) is 5. The molecule has 1 amide bonds. The van der Waals surface area contributed by atoms with Gasteiger partial charge in [-0.05, 0) is 35.6 Å². The zero-order valence-electron chi connectivity index (χ0n) is 20.4. The third kappa shape index (κ3) is 6.44. The number of hydrogen-bond donors (Lipinski definition) is 1. The zero-order valence-corrected chi connectivity index (χ0v) is 20.4. The number of amides is 1. The van der Waals surface area contributed by atoms with Crippen LogP contribution in [-0.2, 0) is 30.9 Å². The molecule has 7 nitrogen and oxygen atoms in total. The van der Waals surface area contributed by atoms with E-state index in [1.165, 1.54) is 5.56 Å². The van der Waals surface area contributed by atoms with Gasteiger partial charge in [0.1, 0.15) is 18.2 Å². The lowest BCUT2D eigenvalue weighted by atomic mass is 10.0. The Hall–Kier alpha value is -3.19. The van der Waals surface area contributed by atoms with Crippen LogP contribution in [0.25, 0.3) is 0 Å². The van der Waals surface area contributed by atoms with Crippen molar-refractivity contribution in [1.29, 1.82) is 0 Å². The monoisotopic (exact) mass is 461 g/mol. The molecule has 34 heavy (non-hydrogen) atoms. The van der Waals surface area contributed by atoms with E-state index in [0.717, 1.165) is 62.0 Å². The Bertz CT molecular complexity index is 1080. The molecule has 2 aromatic carbocycles. The van der Waals surface area contributed by atoms with E-state index in [0.29, 0.717) is 12.5 Å². The molecule has 4 rings (SSSR count). The molecule has 1 aliphatic rings. The van der Waals surface area contributed by atoms with Crippen LogP contribution in [0.5, 0.6) is 5.75 Å². The highest BCUT2D eigenvalue weighted by atomic mass is 16.5. The molecule has 3 aromatic rings. The number of nitrogens with one attached hydrogen (secondary N) is 1. The first-order valence-corrected chi connectivity index (χ1v) is 12.1. The van der Waals surface area contributed by atoms with Crippen molar-refractivity contribution in [2.24, 2.45) is 5.92 Å². The quantitative estimate of drug-likeness (QED) is 0.519. The summed E-state index contributed by atoms with van der Waals surface area (Å²) in [6.45, 7) is 9.95. The van der Waals surface area contributed by atoms with Crippen molar-refractivity contribution in [1.82, 2.24) is 25.0 Å². The van der Waals surface area contributed by atoms with Crippen LogP contribution in [0.1, 0.15) is 56.0 Å². The van der Waals surface area contributed by atoms with Crippen molar-refractivity contribution >= 4 is 5.91 Å². The number of fused-ring (bicyclic) bond motifs is 1. The van der Waals surface area contributed by atoms with Gasteiger partial charge in [0.2, 0.25) is 5.91 Å². The van der Waals surface area contributed by atoms with Crippen molar-refractivity contribution in [3.8, 4) is 5.75 Å². The van der Waals surface area contributed by atoms with Gasteiger partial charge in [-0.15, -0.1) is 10.2 Å². The fourth-order valence-electron chi connectivity index (χ4n) is 4.48. The molecule has 7 heteroatoms. The molecule has 1 aromatic heterocycles. The Morgan fingerprint density at radius 1 is 1.03 bits per heavy atom. The molecule has 0 aliphatic carbocycles. The van der Waals surface area contributed by atoms with Crippen molar-refractivity contribution < 1.29 is 9.53 Å². The maximum absolute atomic E-state index is 11.8. The molecular formula is C27H35N5O2. The summed E-state index contributed by atoms with van der Waals surface area (Å²) in [5.74, 6) is 3.17. The van der Waals surface area contributed by atoms with Crippen LogP contribution in [-0.4, -0.2) is 38.7 Å². The normalized spacial score (nSPS) is 14.9. The lowest BCUT2D eigenvalue weighted by Gasteiger charge is -2.22. The Balaban J connectivity index is 1.39. The Morgan fingerprint density at radius 3 is 2.59 bits per heavy atom. The summed E-state index contributed by atoms with van der Waals surface area (Å²) in [6.07, 6.45) is 1.68. The lowest BCUT2D eigenvalue weighted by molar-refractivity contribution is -0.119. The number of ether oxygens (including phenoxy) is 1. The number of nitrogens with zero attached hydrogens (tertiary/aromatic N) is 4. The van der Waals surface area contributed by atoms with Crippen LogP contribution in [0.4, 0.5) is 0 Å². The molecule has 0 bridgehead atoms. The van der Waals surface area contributed by atoms with E-state index in [1.807, 2.05) is 24.3 Å². The van der Waals surface area contributed by atoms with E-state index >= 15 is 0 Å². The lowest BCUT2D eigenvalue weighted by Crippen LogP contribution is -2.31. The average Bonchev–Trinajstić information content (AvgIpc) is 3.12. The van der Waals surface area contributed by atoms with Gasteiger partial charge >= 0.3 is 0 Å². The van der Waals surface area contributed by atoms with Crippen molar-refractivity contribution in [3.63, 3.8) is 0 Å². The summed E-state index contributed by atoms with van der Waals surface area (Å²) in [5, 5.41) is 12.0. The minimum atomic E-state index is -0.108. The highest BCUT2D eigenvalue weighted by molar-refractivity contribution is 5.73. The molecular weight excluding hydrogens is 426 g/mol. The third-order valence-corrected chi connectivity index (χ3v) is 6.10. The largest absolute Gasteiger partial charge is 0.489 e. The van der Waals surface area contributed by atoms with Crippen LogP contribution in [0, 0.1) is 5.92 Å². The Morgan fingerprint density at radius 2 is 1.82 bits per heavy atom. The molecule has 0 fully saturated rings. The van der Waals surface area contributed by atoms with Crippen LogP contribution < -0.4 is 10.1 Å². The number of carbonyl (C=O) groups is 1. The smallest absolute Gasteiger partial charge is 0.217 e. The van der Waals surface area contributed by atoms with Crippen molar-refractivity contribution in [3.05, 3.63) is 77.4 Å². The first-order valence-electron chi connectivity index (χ1n) is 12.1. The average molecular weight is 462 g/mol. The molecule has 0 saturated heterocycles. The number of rotatable bonds is 9. The molecule has 2 heterocycles. The molecule has 0 spiro atoms. The van der Waals surface area contributed by atoms with E-state index in [2.05, 4.69) is 69.2 Å². The summed E-state index contributed by atoms with van der Waals surface area (Å²) >= 11 is 0. The first kappa shape index (κ1) is 24.0. The Labute approximate surface area is 202 Å². The van der Waals surface area contributed by atoms with Crippen LogP contribution in [0.3, 0.4) is 0 Å². The second-order valence-electron chi connectivity index (χ2n) is 9.46. The van der Waals surface area contributed by atoms with E-state index in [-0.39, 0.29) is 11.9 Å². The maximum atomic E-state index is 11.8. The summed E-state index contributed by atoms with van der Waals surface area (Å²) in [5.41, 5.74) is 2.40. The highest BCUT2D eigenvalue weighted by Gasteiger charge is 2.25. The standard InChI is InChI=1S/C27H35N5O2/c1-20(2)16-25(28-21(3)33)27-30-29-26-12-13-31(14-15-32(26)27)18-23-10-7-11-24(17-23)34-19-22-8-5-4-6-9-22/h4-11,17,20,25H,12-16,18-19H2,1-3H3,(H,28,33). The summed E-state index contributed by atoms with van der Waals surface area (Å²) in [7, 11) is 0. The van der Waals surface area contributed by atoms with Gasteiger partial charge in [-0.1, -0.05) is 56.3 Å². The topological polar surface area (TPSA) is 72.3 Å². The van der Waals surface area contributed by atoms with Gasteiger partial charge < -0.3 is 14.6 Å². The predicted molar refractivity (Wildman–Crippen MR) is 132 cm³/mol. The molecule has 1 unspecified atom stereocenters. The van der Waals surface area contributed by atoms with Crippen molar-refractivity contribution in [2.45, 2.75) is 59.4 Å². The molecule has 0 radical (unpaired) electrons. The van der Waals surface area contributed by atoms with Gasteiger partial charge in [0.25, 0.3) is 0 Å². The fraction of sp³-hybridized carbons (Fsp3) is 0.444. The number of benzene rings is 2. The first-order chi connectivity index (χ1) is 16.5. The van der Waals surface area contributed by atoms with E-state index in [1.54, 1.807) is 6.92 Å². The van der Waals surface area contributed by atoms with Gasteiger partial charge in [-0.3, -0.25) is 9.69 Å². The number of aromatic nitrogens is 3. The minimum Gasteiger partial charge on any atom is -0.489 e. The van der Waals surface area contributed by atoms with E-state index in [9.17, 15) is 4.79 Å². The molecule has 1 aliphatic heterocycles. The summed E-state index contributed by atoms with van der Waals surface area (Å²) in [4.78, 5) is 14.2. The van der Waals surface area contributed by atoms with Gasteiger partial charge in [-0.25, -0.2) is 0 Å². The molecule has 0 saturated carbocycles. The van der Waals surface area contributed by atoms with Crippen LogP contribution in [0.2, 0.25) is 0 Å². The summed E-state index contributed by atoms with van der Waals surface area (Å²) in [6, 6.07) is 18.5. The minimum absolute atomic E-state index is 0.0346. The van der Waals surface area contributed by atoms with E-state index in [4.69, 9.17) is 4.74 Å².